The monoisotopic (exact) mass is 357 g/mol. The van der Waals surface area contributed by atoms with Gasteiger partial charge in [0.05, 0.1) is 0 Å². The number of benzene rings is 2. The molecule has 2 aliphatic heterocycles. The number of amides is 1. The smallest absolute Gasteiger partial charge is 0.251 e. The molecule has 5 nitrogen and oxygen atoms in total. The zero-order valence-corrected chi connectivity index (χ0v) is 14.3. The molecule has 1 fully saturated rings. The second-order valence-electron chi connectivity index (χ2n) is 6.65. The highest BCUT2D eigenvalue weighted by Crippen LogP contribution is 2.35. The van der Waals surface area contributed by atoms with Crippen LogP contribution >= 0.6 is 0 Å². The van der Waals surface area contributed by atoms with E-state index in [-0.39, 0.29) is 23.9 Å². The van der Waals surface area contributed by atoms with Crippen molar-refractivity contribution in [3.05, 3.63) is 59.4 Å². The third kappa shape index (κ3) is 3.24. The zero-order chi connectivity index (χ0) is 18.0. The number of nitrogens with one attached hydrogen (secondary N) is 1. The van der Waals surface area contributed by atoms with Gasteiger partial charge in [-0.15, -0.1) is 0 Å². The fourth-order valence-electron chi connectivity index (χ4n) is 3.54. The Kier molecular flexibility index (Phi) is 4.51. The second kappa shape index (κ2) is 6.96. The molecule has 2 aliphatic rings. The molecule has 0 saturated carbocycles. The topological polar surface area (TPSA) is 56.8 Å². The van der Waals surface area contributed by atoms with Crippen LogP contribution in [0.2, 0.25) is 0 Å². The molecule has 136 valence electrons. The predicted molar refractivity (Wildman–Crippen MR) is 93.0 cm³/mol. The number of carbonyl (C=O) groups is 1. The number of halogens is 1. The van der Waals surface area contributed by atoms with Crippen LogP contribution < -0.4 is 14.8 Å². The first-order chi connectivity index (χ1) is 12.7. The molecule has 0 aromatic heterocycles. The summed E-state index contributed by atoms with van der Waals surface area (Å²) in [5.74, 6) is 0.756. The zero-order valence-electron chi connectivity index (χ0n) is 14.3. The van der Waals surface area contributed by atoms with Gasteiger partial charge in [-0.3, -0.25) is 4.79 Å². The van der Waals surface area contributed by atoms with E-state index in [4.69, 9.17) is 14.2 Å². The van der Waals surface area contributed by atoms with E-state index >= 15 is 0 Å². The Bertz CT molecular complexity index is 817. The fraction of sp³-hybridized carbons (Fsp3) is 0.350. The third-order valence-electron chi connectivity index (χ3n) is 5.11. The van der Waals surface area contributed by atoms with E-state index in [0.29, 0.717) is 36.8 Å². The molecule has 0 atom stereocenters. The normalized spacial score (nSPS) is 17.7. The molecule has 2 aromatic carbocycles. The van der Waals surface area contributed by atoms with Crippen LogP contribution in [0.1, 0.15) is 28.8 Å². The van der Waals surface area contributed by atoms with Gasteiger partial charge in [0.2, 0.25) is 6.79 Å². The summed E-state index contributed by atoms with van der Waals surface area (Å²) in [7, 11) is 0. The lowest BCUT2D eigenvalue weighted by molar-refractivity contribution is 0.0486. The SMILES string of the molecule is O=C(NCC1(c2cccc(F)c2)CCOCC1)c1ccc2c(c1)OCO2. The summed E-state index contributed by atoms with van der Waals surface area (Å²) in [4.78, 5) is 12.6. The van der Waals surface area contributed by atoms with Gasteiger partial charge in [-0.05, 0) is 48.7 Å². The van der Waals surface area contributed by atoms with E-state index in [0.717, 1.165) is 18.4 Å². The van der Waals surface area contributed by atoms with Gasteiger partial charge in [-0.2, -0.15) is 0 Å². The average molecular weight is 357 g/mol. The Labute approximate surface area is 151 Å². The van der Waals surface area contributed by atoms with Crippen LogP contribution in [0.25, 0.3) is 0 Å². The van der Waals surface area contributed by atoms with Gasteiger partial charge in [0.1, 0.15) is 5.82 Å². The Balaban J connectivity index is 1.52. The lowest BCUT2D eigenvalue weighted by Gasteiger charge is -2.38. The molecule has 6 heteroatoms. The molecule has 2 aromatic rings. The number of fused-ring (bicyclic) bond motifs is 1. The summed E-state index contributed by atoms with van der Waals surface area (Å²) >= 11 is 0. The van der Waals surface area contributed by atoms with Crippen molar-refractivity contribution in [2.75, 3.05) is 26.6 Å². The minimum atomic E-state index is -0.327. The maximum Gasteiger partial charge on any atom is 0.251 e. The maximum absolute atomic E-state index is 13.7. The highest BCUT2D eigenvalue weighted by atomic mass is 19.1. The van der Waals surface area contributed by atoms with E-state index in [2.05, 4.69) is 5.32 Å². The molecule has 0 radical (unpaired) electrons. The van der Waals surface area contributed by atoms with Crippen LogP contribution in [0.4, 0.5) is 4.39 Å². The van der Waals surface area contributed by atoms with Crippen LogP contribution in [0.3, 0.4) is 0 Å². The van der Waals surface area contributed by atoms with Crippen molar-refractivity contribution in [3.8, 4) is 11.5 Å². The molecule has 0 unspecified atom stereocenters. The molecule has 2 heterocycles. The Morgan fingerprint density at radius 1 is 1.08 bits per heavy atom. The third-order valence-corrected chi connectivity index (χ3v) is 5.11. The number of rotatable bonds is 4. The first-order valence-electron chi connectivity index (χ1n) is 8.68. The average Bonchev–Trinajstić information content (AvgIpc) is 3.14. The highest BCUT2D eigenvalue weighted by Gasteiger charge is 2.35. The van der Waals surface area contributed by atoms with Gasteiger partial charge in [-0.1, -0.05) is 12.1 Å². The Hall–Kier alpha value is -2.60. The summed E-state index contributed by atoms with van der Waals surface area (Å²) in [6.07, 6.45) is 1.47. The van der Waals surface area contributed by atoms with Gasteiger partial charge in [0.25, 0.3) is 5.91 Å². The van der Waals surface area contributed by atoms with Gasteiger partial charge < -0.3 is 19.5 Å². The first kappa shape index (κ1) is 16.8. The summed E-state index contributed by atoms with van der Waals surface area (Å²) in [6, 6.07) is 11.7. The molecule has 1 N–H and O–H groups in total. The number of carbonyl (C=O) groups excluding carboxylic acids is 1. The molecular weight excluding hydrogens is 337 g/mol. The van der Waals surface area contributed by atoms with E-state index in [1.54, 1.807) is 30.3 Å². The molecule has 0 spiro atoms. The van der Waals surface area contributed by atoms with Crippen molar-refractivity contribution in [1.29, 1.82) is 0 Å². The predicted octanol–water partition coefficient (Wildman–Crippen LogP) is 3.03. The highest BCUT2D eigenvalue weighted by molar-refractivity contribution is 5.95. The second-order valence-corrected chi connectivity index (χ2v) is 6.65. The summed E-state index contributed by atoms with van der Waals surface area (Å²) in [5, 5.41) is 3.01. The van der Waals surface area contributed by atoms with Crippen molar-refractivity contribution < 1.29 is 23.4 Å². The minimum absolute atomic E-state index is 0.170. The lowest BCUT2D eigenvalue weighted by Crippen LogP contribution is -2.44. The van der Waals surface area contributed by atoms with Crippen molar-refractivity contribution in [3.63, 3.8) is 0 Å². The fourth-order valence-corrected chi connectivity index (χ4v) is 3.54. The molecule has 26 heavy (non-hydrogen) atoms. The van der Waals surface area contributed by atoms with Crippen molar-refractivity contribution in [2.24, 2.45) is 0 Å². The maximum atomic E-state index is 13.7. The first-order valence-corrected chi connectivity index (χ1v) is 8.68. The molecule has 1 amide bonds. The quantitative estimate of drug-likeness (QED) is 0.914. The van der Waals surface area contributed by atoms with Crippen LogP contribution in [0, 0.1) is 5.82 Å². The van der Waals surface area contributed by atoms with Gasteiger partial charge in [-0.25, -0.2) is 4.39 Å². The number of hydrogen-bond donors (Lipinski definition) is 1. The van der Waals surface area contributed by atoms with Gasteiger partial charge >= 0.3 is 0 Å². The number of ether oxygens (including phenoxy) is 3. The molecule has 1 saturated heterocycles. The van der Waals surface area contributed by atoms with Crippen molar-refractivity contribution in [1.82, 2.24) is 5.32 Å². The van der Waals surface area contributed by atoms with E-state index < -0.39 is 0 Å². The summed E-state index contributed by atoms with van der Waals surface area (Å²) in [5.41, 5.74) is 1.08. The van der Waals surface area contributed by atoms with Crippen LogP contribution in [0.15, 0.2) is 42.5 Å². The van der Waals surface area contributed by atoms with Crippen LogP contribution in [-0.2, 0) is 10.2 Å². The number of hydrogen-bond acceptors (Lipinski definition) is 4. The molecule has 4 rings (SSSR count). The van der Waals surface area contributed by atoms with Crippen LogP contribution in [-0.4, -0.2) is 32.5 Å². The molecule has 0 aliphatic carbocycles. The Morgan fingerprint density at radius 3 is 2.69 bits per heavy atom. The minimum Gasteiger partial charge on any atom is -0.454 e. The van der Waals surface area contributed by atoms with Crippen LogP contribution in [0.5, 0.6) is 11.5 Å². The molecule has 0 bridgehead atoms. The summed E-state index contributed by atoms with van der Waals surface area (Å²) < 4.78 is 29.8. The largest absolute Gasteiger partial charge is 0.454 e. The molecular formula is C20H20FNO4. The van der Waals surface area contributed by atoms with E-state index in [1.165, 1.54) is 6.07 Å². The van der Waals surface area contributed by atoms with Crippen molar-refractivity contribution >= 4 is 5.91 Å². The van der Waals surface area contributed by atoms with Crippen molar-refractivity contribution in [2.45, 2.75) is 18.3 Å². The Morgan fingerprint density at radius 2 is 1.88 bits per heavy atom. The van der Waals surface area contributed by atoms with E-state index in [9.17, 15) is 9.18 Å². The van der Waals surface area contributed by atoms with Gasteiger partial charge in [0, 0.05) is 30.7 Å². The van der Waals surface area contributed by atoms with Gasteiger partial charge in [0.15, 0.2) is 11.5 Å². The summed E-state index contributed by atoms with van der Waals surface area (Å²) in [6.45, 7) is 1.78. The standard InChI is InChI=1S/C20H20FNO4/c21-16-3-1-2-15(11-16)20(6-8-24-9-7-20)12-22-19(23)14-4-5-17-18(10-14)26-13-25-17/h1-5,10-11H,6-9,12-13H2,(H,22,23). The lowest BCUT2D eigenvalue weighted by atomic mass is 9.74. The van der Waals surface area contributed by atoms with E-state index in [1.807, 2.05) is 6.07 Å².